The first-order valence-corrected chi connectivity index (χ1v) is 57.9. The lowest BCUT2D eigenvalue weighted by atomic mass is 9.96. The van der Waals surface area contributed by atoms with Crippen LogP contribution < -0.4 is 50.8 Å². The molecule has 13 amide bonds. The fourth-order valence-electron chi connectivity index (χ4n) is 21.3. The highest BCUT2D eigenvalue weighted by Crippen LogP contribution is 2.49. The molecule has 0 aromatic heterocycles. The lowest BCUT2D eigenvalue weighted by molar-refractivity contribution is -0.141. The Morgan fingerprint density at radius 2 is 0.713 bits per heavy atom. The molecule has 8 unspecified atom stereocenters. The van der Waals surface area contributed by atoms with Gasteiger partial charge in [0.25, 0.3) is 0 Å². The van der Waals surface area contributed by atoms with Crippen molar-refractivity contribution < 1.29 is 116 Å². The van der Waals surface area contributed by atoms with Crippen molar-refractivity contribution in [1.82, 2.24) is 56.4 Å². The molecule has 9 N–H and O–H groups in total. The first kappa shape index (κ1) is 117. The summed E-state index contributed by atoms with van der Waals surface area (Å²) < 4.78 is 34.9. The van der Waals surface area contributed by atoms with Gasteiger partial charge in [-0.2, -0.15) is 70.6 Å². The van der Waals surface area contributed by atoms with Gasteiger partial charge in [0.05, 0.1) is 84.9 Å². The summed E-state index contributed by atoms with van der Waals surface area (Å²) in [5, 5.41) is 52.6. The summed E-state index contributed by atoms with van der Waals surface area (Å²) in [6, 6.07) is 31.6. The highest BCUT2D eigenvalue weighted by atomic mass is 32.2. The average Bonchev–Trinajstić information content (AvgIpc) is 1.63. The quantitative estimate of drug-likeness (QED) is 0.00378. The second-order valence-electron chi connectivity index (χ2n) is 38.9. The minimum Gasteiger partial charge on any atom is -0.497 e. The third-order valence-electron chi connectivity index (χ3n) is 29.1. The van der Waals surface area contributed by atoms with E-state index in [1.54, 1.807) is 52.0 Å². The second-order valence-corrected chi connectivity index (χ2v) is 46.5. The summed E-state index contributed by atoms with van der Waals surface area (Å²) in [4.78, 5) is 175. The van der Waals surface area contributed by atoms with E-state index >= 15 is 0 Å². The number of carbonyl (C=O) groups excluding carboxylic acids is 11. The summed E-state index contributed by atoms with van der Waals surface area (Å²) in [5.74, 6) is 8.01. The van der Waals surface area contributed by atoms with Crippen LogP contribution in [0.25, 0.3) is 20.9 Å². The lowest BCUT2D eigenvalue weighted by Gasteiger charge is -2.29. The third-order valence-corrected chi connectivity index (χ3v) is 38.4. The zero-order chi connectivity index (χ0) is 107. The Morgan fingerprint density at radius 1 is 0.400 bits per heavy atom. The number of carboxylic acids is 3. The number of unbranched alkanes of at least 4 members (excludes halogenated alkanes) is 4. The third kappa shape index (κ3) is 33.9. The molecule has 818 valence electrons. The van der Waals surface area contributed by atoms with Crippen molar-refractivity contribution in [1.29, 1.82) is 0 Å². The van der Waals surface area contributed by atoms with Crippen molar-refractivity contribution in [3.63, 3.8) is 0 Å². The number of rotatable bonds is 43. The molecule has 0 bridgehead atoms. The number of urea groups is 3. The molecular formula is C103H141N17O24S6. The molecule has 14 saturated heterocycles. The van der Waals surface area contributed by atoms with E-state index < -0.39 is 48.1 Å². The summed E-state index contributed by atoms with van der Waals surface area (Å²) in [6.45, 7) is 5.11. The molecule has 0 spiro atoms. The zero-order valence-electron chi connectivity index (χ0n) is 85.6. The maximum atomic E-state index is 12.7. The molecule has 18 rings (SSSR count). The molecule has 0 aliphatic carbocycles. The molecule has 20 atom stereocenters. The van der Waals surface area contributed by atoms with Crippen LogP contribution in [0.2, 0.25) is 0 Å². The first-order valence-electron chi connectivity index (χ1n) is 51.6. The van der Waals surface area contributed by atoms with E-state index in [0.717, 1.165) is 175 Å². The monoisotopic (exact) mass is 2190 g/mol. The van der Waals surface area contributed by atoms with Crippen molar-refractivity contribution >= 4 is 154 Å². The van der Waals surface area contributed by atoms with Gasteiger partial charge in [-0.25, -0.2) is 33.8 Å². The van der Waals surface area contributed by atoms with Gasteiger partial charge in [0.2, 0.25) is 29.5 Å². The number of thioether (sulfide) groups is 6. The van der Waals surface area contributed by atoms with Crippen LogP contribution in [0.15, 0.2) is 107 Å². The molecule has 47 heteroatoms. The van der Waals surface area contributed by atoms with Crippen LogP contribution in [0.5, 0.6) is 23.0 Å². The fraction of sp³-hybridized carbons (Fsp3) is 0.631. The molecule has 0 saturated carbocycles. The molecule has 4 aromatic rings. The molecule has 41 nitrogen and oxygen atoms in total. The van der Waals surface area contributed by atoms with E-state index in [1.165, 1.54) is 17.6 Å². The van der Waals surface area contributed by atoms with E-state index in [4.69, 9.17) is 59.5 Å². The minimum atomic E-state index is -1.09. The Morgan fingerprint density at radius 3 is 1.03 bits per heavy atom. The van der Waals surface area contributed by atoms with Crippen molar-refractivity contribution in [2.75, 3.05) is 96.4 Å². The number of fused-ring (bicyclic) bond motifs is 6. The van der Waals surface area contributed by atoms with Gasteiger partial charge in [-0.15, -0.1) is 0 Å². The number of azide groups is 2. The number of aryl methyl sites for hydroxylation is 1. The minimum absolute atomic E-state index is 0.0640. The highest BCUT2D eigenvalue weighted by molar-refractivity contribution is 8.01. The average molecular weight is 2190 g/mol. The Hall–Kier alpha value is -11.2. The van der Waals surface area contributed by atoms with Crippen LogP contribution in [0.1, 0.15) is 190 Å². The van der Waals surface area contributed by atoms with Gasteiger partial charge in [0, 0.05) is 141 Å². The smallest absolute Gasteiger partial charge is 0.416 e. The number of methoxy groups -OCH3 is 5. The van der Waals surface area contributed by atoms with E-state index in [9.17, 15) is 67.1 Å². The number of esters is 1. The predicted molar refractivity (Wildman–Crippen MR) is 572 cm³/mol. The molecule has 150 heavy (non-hydrogen) atoms. The Bertz CT molecular complexity index is 5290. The summed E-state index contributed by atoms with van der Waals surface area (Å²) >= 11 is 11.3. The summed E-state index contributed by atoms with van der Waals surface area (Å²) in [6.07, 6.45) is 17.6. The number of cyclic esters (lactones) is 2. The van der Waals surface area contributed by atoms with Gasteiger partial charge in [-0.1, -0.05) is 104 Å². The summed E-state index contributed by atoms with van der Waals surface area (Å²) in [5.41, 5.74) is 21.7. The fourth-order valence-corrected chi connectivity index (χ4v) is 31.1. The Balaban J connectivity index is 0.000000158. The topological polar surface area (TPSA) is 550 Å². The number of nitrogens with one attached hydrogen (secondary N) is 6. The molecule has 14 heterocycles. The molecule has 14 aliphatic rings. The number of hydrogen-bond donors (Lipinski definition) is 9. The van der Waals surface area contributed by atoms with Gasteiger partial charge < -0.3 is 95.1 Å². The van der Waals surface area contributed by atoms with Crippen LogP contribution in [-0.2, 0) is 83.4 Å². The second kappa shape index (κ2) is 59.7. The normalized spacial score (nSPS) is 26.1. The van der Waals surface area contributed by atoms with Crippen LogP contribution in [-0.4, -0.2) is 318 Å². The number of imide groups is 2. The summed E-state index contributed by atoms with van der Waals surface area (Å²) in [7, 11) is 8.06. The number of aliphatic carboxylic acids is 3. The maximum Gasteiger partial charge on any atom is 0.416 e. The molecule has 14 fully saturated rings. The molecule has 14 aliphatic heterocycles. The van der Waals surface area contributed by atoms with Gasteiger partial charge in [0.15, 0.2) is 0 Å². The van der Waals surface area contributed by atoms with Crippen LogP contribution in [0.4, 0.5) is 24.0 Å². The number of carboxylic acid groups (broad SMARTS) is 3. The maximum absolute atomic E-state index is 12.7. The number of hydrogen-bond acceptors (Lipinski definition) is 29. The molecule has 0 radical (unpaired) electrons. The van der Waals surface area contributed by atoms with Gasteiger partial charge >= 0.3 is 54.2 Å². The first-order chi connectivity index (χ1) is 72.5. The molecule has 4 aromatic carbocycles. The van der Waals surface area contributed by atoms with E-state index in [-0.39, 0.29) is 121 Å². The largest absolute Gasteiger partial charge is 0.497 e. The number of amides is 13. The Kier molecular flexibility index (Phi) is 46.7. The van der Waals surface area contributed by atoms with Crippen LogP contribution >= 0.6 is 70.6 Å². The number of likely N-dealkylation sites (tertiary alicyclic amines) is 3. The van der Waals surface area contributed by atoms with Crippen molar-refractivity contribution in [3.8, 4) is 23.0 Å². The number of carbonyl (C=O) groups is 14. The van der Waals surface area contributed by atoms with Gasteiger partial charge in [-0.05, 0) is 200 Å². The number of nitrogens with zero attached hydrogens (tertiary/aromatic N) is 11. The van der Waals surface area contributed by atoms with Crippen molar-refractivity contribution in [2.45, 2.75) is 291 Å². The SMILES string of the molecule is CCc1ccc(OC)cc1.COC(=O)CCCC[C@@H]1SCC2CC(=O)N(Cc3ccc(OC)cc3)[C@@H]21.COc1ccc(CN2C(=O)CC3CS[C@@H](CCCCC(=O)N4CCOC4=O)[C@H]32)cc1.COc1ccc(CN2C(=O)CC3CS[C@@H](CCCCC(=O)O)[C@H]32)cc1.O=C(O)CCCC[C@@H]1SCC2NC(=O)N[C@@H]21.[N-]=[N+]=NC(CCC[C@@H]1SCC2NC(=O)N[C@@H]21)C(=O)N1CCOC1=O.[N-]=[N+]=NC(CCC[C@@H]1SCC2NC(=O)N[C@@H]21)C(=O)O. The number of ether oxygens (including phenoxy) is 7. The van der Waals surface area contributed by atoms with Crippen LogP contribution in [0, 0.1) is 17.8 Å². The predicted octanol–water partition coefficient (Wildman–Crippen LogP) is 14.6. The van der Waals surface area contributed by atoms with E-state index in [1.807, 2.05) is 137 Å². The van der Waals surface area contributed by atoms with Crippen molar-refractivity contribution in [3.05, 3.63) is 140 Å². The lowest BCUT2D eigenvalue weighted by Crippen LogP contribution is -2.39. The highest BCUT2D eigenvalue weighted by Gasteiger charge is 2.53. The van der Waals surface area contributed by atoms with E-state index in [2.05, 4.69) is 80.8 Å². The zero-order valence-corrected chi connectivity index (χ0v) is 90.5. The van der Waals surface area contributed by atoms with Gasteiger partial charge in [-0.3, -0.25) is 43.2 Å². The Labute approximate surface area is 899 Å². The number of benzene rings is 4. The van der Waals surface area contributed by atoms with Crippen LogP contribution in [0.3, 0.4) is 0 Å². The van der Waals surface area contributed by atoms with E-state index in [0.29, 0.717) is 147 Å². The van der Waals surface area contributed by atoms with Gasteiger partial charge in [0.1, 0.15) is 48.3 Å². The van der Waals surface area contributed by atoms with Crippen molar-refractivity contribution in [2.24, 2.45) is 28.0 Å². The standard InChI is InChI=1S/C22H28N2O5S.C20H27NO4S.C19H25NO4S.C13H18N6O4S.C10H15N5O3S.C10H16N2O3S.C9H12O/c1-28-17-8-6-15(7-9-17)13-24-20(26)12-16-14-30-18(21(16)24)4-2-3-5-19(25)23-10-11-29-22(23)27;1-24-16-9-7-14(8-10-16)12-21-18(22)11-15-13-26-17(20(15)21)5-3-4-6-19(23)25-2;1-24-15-8-6-13(7-9-15)11-20-17(21)10-14-12-25-16(19(14)20)4-2-3-5-18(22)23;14-18-17-7(11(20)19-4-5-23-13(19)22)2-1-3-9-10-8(6-24-9)15-12(21)16-10;11-15-14-5(9(16)17)2-1-3-7-8-6(4-19-7)12-10(18)13-8;13-8(14)4-2-1-3-7-9-6(5-16-7)11-10(15)12-9;1-3-8-4-6-9(10-2)7-5-8/h6-9,16,18,21H,2-5,10-14H2,1H3;7-10,15,17,20H,3-6,11-13H2,1-2H3;6-9,14,16,19H,2-5,10-12H2,1H3,(H,22,23);7-10H,1-6H2,(H2,15,16,21);5-8H,1-4H2,(H,16,17)(H2,12,13,18);6-7,9H,1-5H2,(H,13,14)(H2,11,12,15);4-7H,3H2,1-2H3/t16?,18-,21-;15?,17-,20-;14?,16-,19-;7?,8?,9-,10-;5?,6?,7-,8-;6?,7-,9-;/m000000./s1. The molecular weight excluding hydrogens is 2050 g/mol.